The van der Waals surface area contributed by atoms with Crippen molar-refractivity contribution in [3.8, 4) is 0 Å². The zero-order valence-corrected chi connectivity index (χ0v) is 12.1. The molecule has 0 amide bonds. The van der Waals surface area contributed by atoms with E-state index in [1.807, 2.05) is 0 Å². The summed E-state index contributed by atoms with van der Waals surface area (Å²) in [7, 11) is 0. The van der Waals surface area contributed by atoms with Gasteiger partial charge >= 0.3 is 0 Å². The van der Waals surface area contributed by atoms with Gasteiger partial charge in [0.25, 0.3) is 0 Å². The number of nitrogens with two attached hydrogens (primary N) is 1. The summed E-state index contributed by atoms with van der Waals surface area (Å²) < 4.78 is 0. The average molecular weight is 245 g/mol. The Hall–Kier alpha value is -0.820. The molecule has 1 aliphatic carbocycles. The minimum Gasteiger partial charge on any atom is -0.327 e. The van der Waals surface area contributed by atoms with E-state index >= 15 is 0 Å². The van der Waals surface area contributed by atoms with Crippen molar-refractivity contribution in [2.24, 2.45) is 17.6 Å². The fourth-order valence-corrected chi connectivity index (χ4v) is 3.31. The highest BCUT2D eigenvalue weighted by Gasteiger charge is 2.24. The van der Waals surface area contributed by atoms with E-state index in [1.54, 1.807) is 0 Å². The van der Waals surface area contributed by atoms with Crippen molar-refractivity contribution in [2.75, 3.05) is 0 Å². The average Bonchev–Trinajstić information content (AvgIpc) is 2.34. The predicted octanol–water partition coefficient (Wildman–Crippen LogP) is 4.00. The fourth-order valence-electron chi connectivity index (χ4n) is 3.31. The van der Waals surface area contributed by atoms with E-state index in [-0.39, 0.29) is 0 Å². The largest absolute Gasteiger partial charge is 0.327 e. The SMILES string of the molecule is Cc1ccc(C)c(CC(N)C2CCCC(C)C2)c1. The number of aryl methyl sites for hydroxylation is 2. The van der Waals surface area contributed by atoms with Crippen molar-refractivity contribution in [1.82, 2.24) is 0 Å². The molecular formula is C17H27N. The van der Waals surface area contributed by atoms with Crippen molar-refractivity contribution in [1.29, 1.82) is 0 Å². The highest BCUT2D eigenvalue weighted by Crippen LogP contribution is 2.31. The molecule has 18 heavy (non-hydrogen) atoms. The van der Waals surface area contributed by atoms with E-state index in [9.17, 15) is 0 Å². The van der Waals surface area contributed by atoms with Crippen LogP contribution in [0.25, 0.3) is 0 Å². The third-order valence-electron chi connectivity index (χ3n) is 4.54. The molecular weight excluding hydrogens is 218 g/mol. The van der Waals surface area contributed by atoms with Gasteiger partial charge in [-0.05, 0) is 56.1 Å². The molecule has 2 N–H and O–H groups in total. The van der Waals surface area contributed by atoms with E-state index in [1.165, 1.54) is 42.4 Å². The lowest BCUT2D eigenvalue weighted by Gasteiger charge is -2.31. The summed E-state index contributed by atoms with van der Waals surface area (Å²) >= 11 is 0. The predicted molar refractivity (Wildman–Crippen MR) is 78.7 cm³/mol. The van der Waals surface area contributed by atoms with Crippen molar-refractivity contribution in [3.63, 3.8) is 0 Å². The lowest BCUT2D eigenvalue weighted by molar-refractivity contribution is 0.245. The Morgan fingerprint density at radius 2 is 2.06 bits per heavy atom. The van der Waals surface area contributed by atoms with Crippen molar-refractivity contribution in [3.05, 3.63) is 34.9 Å². The first kappa shape index (κ1) is 13.6. The Labute approximate surface area is 112 Å². The van der Waals surface area contributed by atoms with Crippen molar-refractivity contribution >= 4 is 0 Å². The summed E-state index contributed by atoms with van der Waals surface area (Å²) in [5.74, 6) is 1.60. The lowest BCUT2D eigenvalue weighted by atomic mass is 9.77. The van der Waals surface area contributed by atoms with Crippen LogP contribution in [0.1, 0.15) is 49.3 Å². The van der Waals surface area contributed by atoms with Gasteiger partial charge in [-0.1, -0.05) is 43.5 Å². The highest BCUT2D eigenvalue weighted by molar-refractivity contribution is 5.31. The van der Waals surface area contributed by atoms with Crippen LogP contribution in [-0.2, 0) is 6.42 Å². The number of hydrogen-bond acceptors (Lipinski definition) is 1. The normalized spacial score (nSPS) is 26.0. The molecule has 1 aromatic rings. The Morgan fingerprint density at radius 1 is 1.28 bits per heavy atom. The van der Waals surface area contributed by atoms with Gasteiger partial charge in [0.15, 0.2) is 0 Å². The molecule has 1 heteroatoms. The van der Waals surface area contributed by atoms with Gasteiger partial charge in [-0.15, -0.1) is 0 Å². The molecule has 0 radical (unpaired) electrons. The fraction of sp³-hybridized carbons (Fsp3) is 0.647. The Kier molecular flexibility index (Phi) is 4.45. The Morgan fingerprint density at radius 3 is 2.78 bits per heavy atom. The van der Waals surface area contributed by atoms with Crippen LogP contribution in [0, 0.1) is 25.7 Å². The van der Waals surface area contributed by atoms with Crippen LogP contribution in [0.4, 0.5) is 0 Å². The van der Waals surface area contributed by atoms with Gasteiger partial charge in [-0.2, -0.15) is 0 Å². The first-order chi connectivity index (χ1) is 8.56. The molecule has 0 aliphatic heterocycles. The summed E-state index contributed by atoms with van der Waals surface area (Å²) in [6.45, 7) is 6.74. The molecule has 0 aromatic heterocycles. The third-order valence-corrected chi connectivity index (χ3v) is 4.54. The second kappa shape index (κ2) is 5.88. The van der Waals surface area contributed by atoms with Gasteiger partial charge in [-0.3, -0.25) is 0 Å². The molecule has 1 aliphatic rings. The minimum atomic E-state index is 0.341. The van der Waals surface area contributed by atoms with E-state index in [0.717, 1.165) is 18.3 Å². The zero-order chi connectivity index (χ0) is 13.1. The van der Waals surface area contributed by atoms with Gasteiger partial charge in [-0.25, -0.2) is 0 Å². The molecule has 0 spiro atoms. The summed E-state index contributed by atoms with van der Waals surface area (Å²) in [4.78, 5) is 0. The van der Waals surface area contributed by atoms with Crippen LogP contribution in [-0.4, -0.2) is 6.04 Å². The molecule has 2 rings (SSSR count). The first-order valence-corrected chi connectivity index (χ1v) is 7.38. The van der Waals surface area contributed by atoms with E-state index < -0.39 is 0 Å². The van der Waals surface area contributed by atoms with Crippen LogP contribution < -0.4 is 5.73 Å². The molecule has 3 atom stereocenters. The van der Waals surface area contributed by atoms with Crippen LogP contribution in [0.2, 0.25) is 0 Å². The molecule has 100 valence electrons. The second-order valence-electron chi connectivity index (χ2n) is 6.33. The van der Waals surface area contributed by atoms with E-state index in [4.69, 9.17) is 5.73 Å². The van der Waals surface area contributed by atoms with Crippen LogP contribution >= 0.6 is 0 Å². The lowest BCUT2D eigenvalue weighted by Crippen LogP contribution is -2.35. The first-order valence-electron chi connectivity index (χ1n) is 7.38. The van der Waals surface area contributed by atoms with Gasteiger partial charge in [0.05, 0.1) is 0 Å². The quantitative estimate of drug-likeness (QED) is 0.856. The number of benzene rings is 1. The van der Waals surface area contributed by atoms with Crippen LogP contribution in [0.3, 0.4) is 0 Å². The maximum absolute atomic E-state index is 6.46. The molecule has 1 fully saturated rings. The summed E-state index contributed by atoms with van der Waals surface area (Å²) in [5.41, 5.74) is 10.6. The molecule has 1 saturated carbocycles. The third kappa shape index (κ3) is 3.35. The van der Waals surface area contributed by atoms with Gasteiger partial charge in [0.2, 0.25) is 0 Å². The van der Waals surface area contributed by atoms with Gasteiger partial charge < -0.3 is 5.73 Å². The van der Waals surface area contributed by atoms with Crippen molar-refractivity contribution in [2.45, 2.75) is 58.9 Å². The van der Waals surface area contributed by atoms with Crippen LogP contribution in [0.5, 0.6) is 0 Å². The molecule has 0 heterocycles. The standard InChI is InChI=1S/C17H27N/c1-12-5-4-6-15(9-12)17(18)11-16-10-13(2)7-8-14(16)3/h7-8,10,12,15,17H,4-6,9,11,18H2,1-3H3. The van der Waals surface area contributed by atoms with Crippen molar-refractivity contribution < 1.29 is 0 Å². The summed E-state index contributed by atoms with van der Waals surface area (Å²) in [5, 5.41) is 0. The Balaban J connectivity index is 2.01. The number of hydrogen-bond donors (Lipinski definition) is 1. The molecule has 1 aromatic carbocycles. The maximum Gasteiger partial charge on any atom is 0.0108 e. The van der Waals surface area contributed by atoms with Crippen LogP contribution in [0.15, 0.2) is 18.2 Å². The summed E-state index contributed by atoms with van der Waals surface area (Å²) in [6, 6.07) is 7.06. The molecule has 0 bridgehead atoms. The van der Waals surface area contributed by atoms with E-state index in [0.29, 0.717) is 6.04 Å². The Bertz CT molecular complexity index is 397. The molecule has 3 unspecified atom stereocenters. The highest BCUT2D eigenvalue weighted by atomic mass is 14.7. The van der Waals surface area contributed by atoms with Gasteiger partial charge in [0, 0.05) is 6.04 Å². The topological polar surface area (TPSA) is 26.0 Å². The number of rotatable bonds is 3. The van der Waals surface area contributed by atoms with Gasteiger partial charge in [0.1, 0.15) is 0 Å². The van der Waals surface area contributed by atoms with E-state index in [2.05, 4.69) is 39.0 Å². The minimum absolute atomic E-state index is 0.341. The monoisotopic (exact) mass is 245 g/mol. The zero-order valence-electron chi connectivity index (χ0n) is 12.1. The smallest absolute Gasteiger partial charge is 0.0108 e. The summed E-state index contributed by atoms with van der Waals surface area (Å²) in [6.07, 6.45) is 6.46. The second-order valence-corrected chi connectivity index (χ2v) is 6.33. The molecule has 0 saturated heterocycles. The molecule has 1 nitrogen and oxygen atoms in total. The maximum atomic E-state index is 6.46.